The van der Waals surface area contributed by atoms with Gasteiger partial charge in [0.1, 0.15) is 0 Å². The van der Waals surface area contributed by atoms with E-state index in [4.69, 9.17) is 0 Å². The van der Waals surface area contributed by atoms with Gasteiger partial charge in [-0.25, -0.2) is 0 Å². The van der Waals surface area contributed by atoms with Crippen molar-refractivity contribution in [1.29, 1.82) is 0 Å². The molecule has 0 saturated heterocycles. The molecule has 0 atom stereocenters. The Morgan fingerprint density at radius 1 is 1.12 bits per heavy atom. The molecule has 0 fully saturated rings. The molecule has 0 spiro atoms. The van der Waals surface area contributed by atoms with Crippen LogP contribution in [-0.2, 0) is 0 Å². The molecule has 86 valence electrons. The third-order valence-electron chi connectivity index (χ3n) is 3.66. The lowest BCUT2D eigenvalue weighted by molar-refractivity contribution is 0.626. The molecule has 0 N–H and O–H groups in total. The van der Waals surface area contributed by atoms with E-state index in [1.165, 1.54) is 22.3 Å². The quantitative estimate of drug-likeness (QED) is 0.559. The molecule has 0 saturated carbocycles. The first-order valence-corrected chi connectivity index (χ1v) is 6.34. The van der Waals surface area contributed by atoms with Gasteiger partial charge in [-0.15, -0.1) is 0 Å². The maximum Gasteiger partial charge on any atom is 0.00110 e. The summed E-state index contributed by atoms with van der Waals surface area (Å²) in [5.41, 5.74) is 5.99. The summed E-state index contributed by atoms with van der Waals surface area (Å²) in [6, 6.07) is 0. The van der Waals surface area contributed by atoms with Crippen LogP contribution in [0.1, 0.15) is 26.7 Å². The van der Waals surface area contributed by atoms with E-state index in [1.54, 1.807) is 0 Å². The lowest BCUT2D eigenvalue weighted by atomic mass is 9.92. The Balaban J connectivity index is 2.08. The van der Waals surface area contributed by atoms with Crippen LogP contribution in [0.4, 0.5) is 0 Å². The first kappa shape index (κ1) is 10.6. The van der Waals surface area contributed by atoms with E-state index in [-0.39, 0.29) is 5.41 Å². The lowest BCUT2D eigenvalue weighted by Crippen LogP contribution is -2.01. The minimum absolute atomic E-state index is 0.176. The Kier molecular flexibility index (Phi) is 2.32. The lowest BCUT2D eigenvalue weighted by Gasteiger charge is -2.13. The minimum atomic E-state index is 0.176. The molecule has 3 aliphatic rings. The topological polar surface area (TPSA) is 0 Å². The van der Waals surface area contributed by atoms with Gasteiger partial charge in [-0.1, -0.05) is 62.5 Å². The van der Waals surface area contributed by atoms with Gasteiger partial charge in [-0.3, -0.25) is 0 Å². The highest BCUT2D eigenvalue weighted by atomic mass is 14.3. The maximum absolute atomic E-state index is 2.36. The summed E-state index contributed by atoms with van der Waals surface area (Å²) in [6.07, 6.45) is 20.4. The standard InChI is InChI=1S/C17H18/c1-17(2)10-8-14-12-13-6-4-3-5-7-15(13)16(14)9-11-17/h3,5-11H,4,12H2,1-2H3. The Bertz CT molecular complexity index is 528. The van der Waals surface area contributed by atoms with Crippen LogP contribution < -0.4 is 0 Å². The van der Waals surface area contributed by atoms with Crippen LogP contribution in [0.5, 0.6) is 0 Å². The van der Waals surface area contributed by atoms with Crippen molar-refractivity contribution in [2.24, 2.45) is 5.41 Å². The van der Waals surface area contributed by atoms with Gasteiger partial charge >= 0.3 is 0 Å². The third kappa shape index (κ3) is 1.88. The summed E-state index contributed by atoms with van der Waals surface area (Å²) in [7, 11) is 0. The Labute approximate surface area is 103 Å². The summed E-state index contributed by atoms with van der Waals surface area (Å²) < 4.78 is 0. The molecule has 0 aromatic rings. The molecule has 0 aliphatic heterocycles. The van der Waals surface area contributed by atoms with Crippen molar-refractivity contribution in [3.8, 4) is 0 Å². The van der Waals surface area contributed by atoms with E-state index in [0.29, 0.717) is 0 Å². The number of hydrogen-bond donors (Lipinski definition) is 0. The zero-order valence-corrected chi connectivity index (χ0v) is 10.5. The maximum atomic E-state index is 2.36. The van der Waals surface area contributed by atoms with Gasteiger partial charge in [0, 0.05) is 5.41 Å². The Morgan fingerprint density at radius 3 is 2.82 bits per heavy atom. The SMILES string of the molecule is CC1(C)C=CC2=C(C=C1)C1=CC=CCC=C1C2. The number of hydrogen-bond acceptors (Lipinski definition) is 0. The highest BCUT2D eigenvalue weighted by molar-refractivity contribution is 5.65. The van der Waals surface area contributed by atoms with E-state index >= 15 is 0 Å². The largest absolute Gasteiger partial charge is 0.0807 e. The fraction of sp³-hybridized carbons (Fsp3) is 0.294. The van der Waals surface area contributed by atoms with Crippen LogP contribution >= 0.6 is 0 Å². The van der Waals surface area contributed by atoms with Gasteiger partial charge in [0.2, 0.25) is 0 Å². The molecular formula is C17H18. The predicted octanol–water partition coefficient (Wildman–Crippen LogP) is 4.65. The first-order valence-electron chi connectivity index (χ1n) is 6.34. The highest BCUT2D eigenvalue weighted by Crippen LogP contribution is 2.41. The second-order valence-electron chi connectivity index (χ2n) is 5.58. The molecule has 0 radical (unpaired) electrons. The highest BCUT2D eigenvalue weighted by Gasteiger charge is 2.24. The molecule has 0 bridgehead atoms. The van der Waals surface area contributed by atoms with Crippen molar-refractivity contribution < 1.29 is 0 Å². The van der Waals surface area contributed by atoms with Crippen LogP contribution in [0.25, 0.3) is 0 Å². The Hall–Kier alpha value is -1.56. The van der Waals surface area contributed by atoms with Crippen LogP contribution in [0.2, 0.25) is 0 Å². The normalized spacial score (nSPS) is 24.8. The predicted molar refractivity (Wildman–Crippen MR) is 73.6 cm³/mol. The van der Waals surface area contributed by atoms with Crippen LogP contribution in [0.15, 0.2) is 70.9 Å². The average Bonchev–Trinajstić information content (AvgIpc) is 2.44. The summed E-state index contributed by atoms with van der Waals surface area (Å²) in [4.78, 5) is 0. The average molecular weight is 222 g/mol. The van der Waals surface area contributed by atoms with Gasteiger partial charge in [0.05, 0.1) is 0 Å². The second kappa shape index (κ2) is 3.73. The van der Waals surface area contributed by atoms with Gasteiger partial charge in [0.15, 0.2) is 0 Å². The smallest absolute Gasteiger partial charge is 0.00110 e. The molecule has 0 heterocycles. The van der Waals surface area contributed by atoms with Crippen LogP contribution in [0.3, 0.4) is 0 Å². The first-order chi connectivity index (χ1) is 8.16. The summed E-state index contributed by atoms with van der Waals surface area (Å²) >= 11 is 0. The van der Waals surface area contributed by atoms with Gasteiger partial charge in [-0.2, -0.15) is 0 Å². The van der Waals surface area contributed by atoms with Gasteiger partial charge in [0.25, 0.3) is 0 Å². The van der Waals surface area contributed by atoms with E-state index in [1.807, 2.05) is 0 Å². The van der Waals surface area contributed by atoms with Crippen LogP contribution in [-0.4, -0.2) is 0 Å². The molecule has 0 aromatic carbocycles. The van der Waals surface area contributed by atoms with E-state index in [0.717, 1.165) is 12.8 Å². The monoisotopic (exact) mass is 222 g/mol. The second-order valence-corrected chi connectivity index (χ2v) is 5.58. The number of rotatable bonds is 0. The molecule has 0 unspecified atom stereocenters. The van der Waals surface area contributed by atoms with Crippen molar-refractivity contribution in [2.75, 3.05) is 0 Å². The van der Waals surface area contributed by atoms with E-state index in [9.17, 15) is 0 Å². The van der Waals surface area contributed by atoms with Crippen molar-refractivity contribution >= 4 is 0 Å². The number of allylic oxidation sites excluding steroid dienone is 12. The van der Waals surface area contributed by atoms with Crippen LogP contribution in [0, 0.1) is 5.41 Å². The molecule has 17 heavy (non-hydrogen) atoms. The van der Waals surface area contributed by atoms with Gasteiger partial charge in [-0.05, 0) is 35.1 Å². The minimum Gasteiger partial charge on any atom is -0.0807 e. The molecule has 0 amide bonds. The van der Waals surface area contributed by atoms with Crippen molar-refractivity contribution in [2.45, 2.75) is 26.7 Å². The summed E-state index contributed by atoms with van der Waals surface area (Å²) in [5, 5.41) is 0. The Morgan fingerprint density at radius 2 is 1.94 bits per heavy atom. The third-order valence-corrected chi connectivity index (χ3v) is 3.66. The van der Waals surface area contributed by atoms with E-state index in [2.05, 4.69) is 62.5 Å². The molecule has 0 aromatic heterocycles. The molecule has 3 rings (SSSR count). The van der Waals surface area contributed by atoms with Crippen molar-refractivity contribution in [3.63, 3.8) is 0 Å². The molecule has 0 heteroatoms. The summed E-state index contributed by atoms with van der Waals surface area (Å²) in [6.45, 7) is 4.50. The zero-order valence-electron chi connectivity index (χ0n) is 10.5. The van der Waals surface area contributed by atoms with Crippen molar-refractivity contribution in [3.05, 3.63) is 70.9 Å². The molecular weight excluding hydrogens is 204 g/mol. The number of fused-ring (bicyclic) bond motifs is 2. The molecule has 3 aliphatic carbocycles. The fourth-order valence-corrected chi connectivity index (χ4v) is 2.59. The van der Waals surface area contributed by atoms with E-state index < -0.39 is 0 Å². The summed E-state index contributed by atoms with van der Waals surface area (Å²) in [5.74, 6) is 0. The molecule has 0 nitrogen and oxygen atoms in total. The fourth-order valence-electron chi connectivity index (χ4n) is 2.59. The zero-order chi connectivity index (χ0) is 11.9. The van der Waals surface area contributed by atoms with Crippen molar-refractivity contribution in [1.82, 2.24) is 0 Å². The van der Waals surface area contributed by atoms with Gasteiger partial charge < -0.3 is 0 Å².